The van der Waals surface area contributed by atoms with E-state index in [4.69, 9.17) is 0 Å². The van der Waals surface area contributed by atoms with Crippen molar-refractivity contribution in [2.45, 2.75) is 12.5 Å². The van der Waals surface area contributed by atoms with E-state index >= 15 is 0 Å². The van der Waals surface area contributed by atoms with Gasteiger partial charge in [0.05, 0.1) is 5.51 Å². The molecule has 17 heavy (non-hydrogen) atoms. The van der Waals surface area contributed by atoms with Crippen LogP contribution in [0.2, 0.25) is 0 Å². The SMILES string of the molecule is CNC(Cc1cc(F)ccc1Br)c1cncs1. The summed E-state index contributed by atoms with van der Waals surface area (Å²) < 4.78 is 14.1. The fourth-order valence-corrected chi connectivity index (χ4v) is 2.80. The number of likely N-dealkylation sites (N-methyl/N-ethyl adjacent to an activating group) is 1. The van der Waals surface area contributed by atoms with E-state index in [0.29, 0.717) is 0 Å². The van der Waals surface area contributed by atoms with Crippen molar-refractivity contribution in [2.75, 3.05) is 7.05 Å². The first-order valence-corrected chi connectivity index (χ1v) is 6.87. The highest BCUT2D eigenvalue weighted by Crippen LogP contribution is 2.26. The molecule has 0 saturated carbocycles. The zero-order valence-corrected chi connectivity index (χ0v) is 11.7. The Morgan fingerprint density at radius 2 is 2.35 bits per heavy atom. The molecule has 2 rings (SSSR count). The number of thiazole rings is 1. The van der Waals surface area contributed by atoms with Crippen molar-refractivity contribution in [3.05, 3.63) is 50.6 Å². The van der Waals surface area contributed by atoms with Crippen LogP contribution in [0, 0.1) is 5.82 Å². The molecule has 1 aromatic heterocycles. The number of benzene rings is 1. The van der Waals surface area contributed by atoms with Crippen LogP contribution in [-0.4, -0.2) is 12.0 Å². The van der Waals surface area contributed by atoms with Crippen molar-refractivity contribution < 1.29 is 4.39 Å². The Morgan fingerprint density at radius 3 is 3.00 bits per heavy atom. The van der Waals surface area contributed by atoms with Crippen LogP contribution in [0.3, 0.4) is 0 Å². The third kappa shape index (κ3) is 3.12. The second-order valence-corrected chi connectivity index (χ2v) is 5.46. The number of aromatic nitrogens is 1. The highest BCUT2D eigenvalue weighted by atomic mass is 79.9. The first-order valence-electron chi connectivity index (χ1n) is 5.20. The third-order valence-corrected chi connectivity index (χ3v) is 4.24. The standard InChI is InChI=1S/C12H12BrFN2S/c1-15-11(12-6-16-7-17-12)5-8-4-9(14)2-3-10(8)13/h2-4,6-7,11,15H,5H2,1H3. The van der Waals surface area contributed by atoms with E-state index in [2.05, 4.69) is 26.2 Å². The van der Waals surface area contributed by atoms with E-state index in [1.165, 1.54) is 6.07 Å². The average molecular weight is 315 g/mol. The number of halogens is 2. The highest BCUT2D eigenvalue weighted by Gasteiger charge is 2.13. The number of hydrogen-bond donors (Lipinski definition) is 1. The van der Waals surface area contributed by atoms with Gasteiger partial charge in [0, 0.05) is 21.6 Å². The summed E-state index contributed by atoms with van der Waals surface area (Å²) in [6.45, 7) is 0. The van der Waals surface area contributed by atoms with Crippen LogP contribution < -0.4 is 5.32 Å². The van der Waals surface area contributed by atoms with Gasteiger partial charge in [0.2, 0.25) is 0 Å². The molecule has 5 heteroatoms. The molecule has 2 aromatic rings. The van der Waals surface area contributed by atoms with Gasteiger partial charge >= 0.3 is 0 Å². The molecule has 1 unspecified atom stereocenters. The maximum atomic E-state index is 13.2. The van der Waals surface area contributed by atoms with Gasteiger partial charge in [-0.15, -0.1) is 11.3 Å². The number of nitrogens with one attached hydrogen (secondary N) is 1. The van der Waals surface area contributed by atoms with Crippen LogP contribution in [-0.2, 0) is 6.42 Å². The molecule has 0 radical (unpaired) electrons. The van der Waals surface area contributed by atoms with Gasteiger partial charge in [-0.3, -0.25) is 4.98 Å². The molecule has 2 nitrogen and oxygen atoms in total. The molecular weight excluding hydrogens is 303 g/mol. The number of rotatable bonds is 4. The molecule has 0 bridgehead atoms. The van der Waals surface area contributed by atoms with Crippen LogP contribution >= 0.6 is 27.3 Å². The minimum absolute atomic E-state index is 0.167. The van der Waals surface area contributed by atoms with Crippen LogP contribution in [0.1, 0.15) is 16.5 Å². The average Bonchev–Trinajstić information content (AvgIpc) is 2.84. The Morgan fingerprint density at radius 1 is 1.53 bits per heavy atom. The van der Waals surface area contributed by atoms with Gasteiger partial charge in [-0.2, -0.15) is 0 Å². The molecule has 1 atom stereocenters. The number of nitrogens with zero attached hydrogens (tertiary/aromatic N) is 1. The highest BCUT2D eigenvalue weighted by molar-refractivity contribution is 9.10. The molecule has 1 aromatic carbocycles. The van der Waals surface area contributed by atoms with Gasteiger partial charge in [-0.25, -0.2) is 4.39 Å². The summed E-state index contributed by atoms with van der Waals surface area (Å²) in [7, 11) is 1.90. The molecule has 90 valence electrons. The summed E-state index contributed by atoms with van der Waals surface area (Å²) >= 11 is 5.05. The van der Waals surface area contributed by atoms with E-state index in [0.717, 1.165) is 21.3 Å². The Labute approximate surface area is 112 Å². The monoisotopic (exact) mass is 314 g/mol. The lowest BCUT2D eigenvalue weighted by atomic mass is 10.1. The van der Waals surface area contributed by atoms with Gasteiger partial charge in [0.1, 0.15) is 5.82 Å². The molecule has 0 aliphatic carbocycles. The summed E-state index contributed by atoms with van der Waals surface area (Å²) in [5, 5.41) is 3.23. The van der Waals surface area contributed by atoms with Gasteiger partial charge < -0.3 is 5.32 Å². The van der Waals surface area contributed by atoms with Crippen LogP contribution in [0.4, 0.5) is 4.39 Å². The van der Waals surface area contributed by atoms with Gasteiger partial charge in [0.25, 0.3) is 0 Å². The van der Waals surface area contributed by atoms with Crippen LogP contribution in [0.5, 0.6) is 0 Å². The minimum atomic E-state index is -0.206. The van der Waals surface area contributed by atoms with Crippen molar-refractivity contribution in [1.29, 1.82) is 0 Å². The maximum Gasteiger partial charge on any atom is 0.123 e. The van der Waals surface area contributed by atoms with Gasteiger partial charge in [0.15, 0.2) is 0 Å². The van der Waals surface area contributed by atoms with Crippen molar-refractivity contribution in [2.24, 2.45) is 0 Å². The maximum absolute atomic E-state index is 13.2. The molecule has 0 amide bonds. The van der Waals surface area contributed by atoms with E-state index in [1.807, 2.05) is 13.2 Å². The Bertz CT molecular complexity index is 487. The summed E-state index contributed by atoms with van der Waals surface area (Å²) in [4.78, 5) is 5.22. The largest absolute Gasteiger partial charge is 0.312 e. The lowest BCUT2D eigenvalue weighted by Gasteiger charge is -2.15. The van der Waals surface area contributed by atoms with Gasteiger partial charge in [-0.1, -0.05) is 15.9 Å². The summed E-state index contributed by atoms with van der Waals surface area (Å²) in [5.74, 6) is -0.206. The van der Waals surface area contributed by atoms with E-state index in [9.17, 15) is 4.39 Å². The first-order chi connectivity index (χ1) is 8.20. The fraction of sp³-hybridized carbons (Fsp3) is 0.250. The molecule has 0 aliphatic rings. The zero-order chi connectivity index (χ0) is 12.3. The quantitative estimate of drug-likeness (QED) is 0.933. The molecular formula is C12H12BrFN2S. The molecule has 0 spiro atoms. The predicted molar refractivity (Wildman–Crippen MR) is 71.7 cm³/mol. The van der Waals surface area contributed by atoms with Crippen molar-refractivity contribution in [3.8, 4) is 0 Å². The van der Waals surface area contributed by atoms with E-state index < -0.39 is 0 Å². The predicted octanol–water partition coefficient (Wildman–Crippen LogP) is 3.55. The lowest BCUT2D eigenvalue weighted by Crippen LogP contribution is -2.18. The third-order valence-electron chi connectivity index (χ3n) is 2.58. The molecule has 0 aliphatic heterocycles. The van der Waals surface area contributed by atoms with Crippen LogP contribution in [0.25, 0.3) is 0 Å². The smallest absolute Gasteiger partial charge is 0.123 e. The molecule has 0 saturated heterocycles. The second kappa shape index (κ2) is 5.71. The number of hydrogen-bond acceptors (Lipinski definition) is 3. The summed E-state index contributed by atoms with van der Waals surface area (Å²) in [6, 6.07) is 4.93. The minimum Gasteiger partial charge on any atom is -0.312 e. The first kappa shape index (κ1) is 12.7. The second-order valence-electron chi connectivity index (χ2n) is 3.68. The van der Waals surface area contributed by atoms with Crippen molar-refractivity contribution >= 4 is 27.3 Å². The van der Waals surface area contributed by atoms with E-state index in [-0.39, 0.29) is 11.9 Å². The molecule has 0 fully saturated rings. The lowest BCUT2D eigenvalue weighted by molar-refractivity contribution is 0.590. The summed E-state index contributed by atoms with van der Waals surface area (Å²) in [5.41, 5.74) is 2.76. The van der Waals surface area contributed by atoms with E-state index in [1.54, 1.807) is 29.0 Å². The van der Waals surface area contributed by atoms with Crippen LogP contribution in [0.15, 0.2) is 34.4 Å². The fourth-order valence-electron chi connectivity index (χ4n) is 1.66. The molecule has 1 N–H and O–H groups in total. The summed E-state index contributed by atoms with van der Waals surface area (Å²) in [6.07, 6.45) is 2.58. The normalized spacial score (nSPS) is 12.6. The topological polar surface area (TPSA) is 24.9 Å². The van der Waals surface area contributed by atoms with Crippen molar-refractivity contribution in [1.82, 2.24) is 10.3 Å². The Hall–Kier alpha value is -0.780. The Balaban J connectivity index is 2.21. The van der Waals surface area contributed by atoms with Crippen molar-refractivity contribution in [3.63, 3.8) is 0 Å². The Kier molecular flexibility index (Phi) is 4.25. The molecule has 1 heterocycles. The van der Waals surface area contributed by atoms with Gasteiger partial charge in [-0.05, 0) is 37.2 Å². The zero-order valence-electron chi connectivity index (χ0n) is 9.28.